The zero-order chi connectivity index (χ0) is 12.0. The van der Waals surface area contributed by atoms with E-state index >= 15 is 0 Å². The van der Waals surface area contributed by atoms with E-state index in [4.69, 9.17) is 0 Å². The van der Waals surface area contributed by atoms with Crippen molar-refractivity contribution in [3.05, 3.63) is 29.6 Å². The maximum Gasteiger partial charge on any atom is 0.0541 e. The summed E-state index contributed by atoms with van der Waals surface area (Å²) in [5.41, 5.74) is 2.79. The lowest BCUT2D eigenvalue weighted by molar-refractivity contribution is 0.361. The first-order chi connectivity index (χ1) is 7.47. The molecule has 0 bridgehead atoms. The average Bonchev–Trinajstić information content (AvgIpc) is 2.19. The monoisotopic (exact) mass is 220 g/mol. The van der Waals surface area contributed by atoms with Gasteiger partial charge in [0.05, 0.1) is 5.69 Å². The van der Waals surface area contributed by atoms with E-state index in [1.54, 1.807) is 0 Å². The van der Waals surface area contributed by atoms with Crippen LogP contribution in [0.25, 0.3) is 0 Å². The second-order valence-electron chi connectivity index (χ2n) is 5.67. The molecule has 1 N–H and O–H groups in total. The van der Waals surface area contributed by atoms with Crippen LogP contribution >= 0.6 is 0 Å². The van der Waals surface area contributed by atoms with Gasteiger partial charge in [-0.1, -0.05) is 26.8 Å². The minimum atomic E-state index is 0.448. The lowest BCUT2D eigenvalue weighted by Gasteiger charge is -2.17. The lowest BCUT2D eigenvalue weighted by atomic mass is 9.91. The molecular weight excluding hydrogens is 196 g/mol. The second-order valence-corrected chi connectivity index (χ2v) is 5.67. The number of pyridine rings is 1. The molecule has 2 heteroatoms. The zero-order valence-corrected chi connectivity index (χ0v) is 11.0. The predicted octanol–water partition coefficient (Wildman–Crippen LogP) is 3.31. The Morgan fingerprint density at radius 2 is 2.00 bits per heavy atom. The Morgan fingerprint density at radius 1 is 1.25 bits per heavy atom. The molecule has 1 rings (SSSR count). The normalized spacial score (nSPS) is 11.8. The van der Waals surface area contributed by atoms with Crippen molar-refractivity contribution < 1.29 is 0 Å². The van der Waals surface area contributed by atoms with Crippen LogP contribution in [0.5, 0.6) is 0 Å². The molecule has 0 saturated carbocycles. The van der Waals surface area contributed by atoms with Crippen molar-refractivity contribution in [3.63, 3.8) is 0 Å². The van der Waals surface area contributed by atoms with E-state index in [1.807, 2.05) is 6.20 Å². The summed E-state index contributed by atoms with van der Waals surface area (Å²) in [6.07, 6.45) is 4.42. The molecule has 16 heavy (non-hydrogen) atoms. The van der Waals surface area contributed by atoms with E-state index in [1.165, 1.54) is 18.4 Å². The van der Waals surface area contributed by atoms with Crippen LogP contribution in [0, 0.1) is 12.3 Å². The zero-order valence-electron chi connectivity index (χ0n) is 11.0. The van der Waals surface area contributed by atoms with Gasteiger partial charge in [0, 0.05) is 12.7 Å². The first-order valence-corrected chi connectivity index (χ1v) is 6.10. The Morgan fingerprint density at radius 3 is 2.56 bits per heavy atom. The van der Waals surface area contributed by atoms with Crippen molar-refractivity contribution in [2.24, 2.45) is 5.41 Å². The molecule has 0 aliphatic rings. The molecule has 0 spiro atoms. The van der Waals surface area contributed by atoms with Gasteiger partial charge in [0.2, 0.25) is 0 Å². The summed E-state index contributed by atoms with van der Waals surface area (Å²) in [5, 5.41) is 3.43. The fourth-order valence-corrected chi connectivity index (χ4v) is 1.56. The van der Waals surface area contributed by atoms with E-state index in [0.717, 1.165) is 18.8 Å². The van der Waals surface area contributed by atoms with Crippen molar-refractivity contribution in [1.29, 1.82) is 0 Å². The SMILES string of the molecule is Cc1ccc(CNCCCC(C)(C)C)nc1. The topological polar surface area (TPSA) is 24.9 Å². The van der Waals surface area contributed by atoms with Crippen LogP contribution in [-0.2, 0) is 6.54 Å². The van der Waals surface area contributed by atoms with Gasteiger partial charge < -0.3 is 5.32 Å². The molecular formula is C14H24N2. The Balaban J connectivity index is 2.14. The summed E-state index contributed by atoms with van der Waals surface area (Å²) in [4.78, 5) is 4.36. The smallest absolute Gasteiger partial charge is 0.0541 e. The molecule has 1 heterocycles. The van der Waals surface area contributed by atoms with Gasteiger partial charge in [0.25, 0.3) is 0 Å². The van der Waals surface area contributed by atoms with Crippen LogP contribution in [0.2, 0.25) is 0 Å². The summed E-state index contributed by atoms with van der Waals surface area (Å²) in [6, 6.07) is 4.20. The molecule has 1 aromatic rings. The van der Waals surface area contributed by atoms with Gasteiger partial charge in [-0.15, -0.1) is 0 Å². The number of aryl methyl sites for hydroxylation is 1. The molecule has 90 valence electrons. The van der Waals surface area contributed by atoms with Crippen molar-refractivity contribution >= 4 is 0 Å². The third-order valence-electron chi connectivity index (χ3n) is 2.56. The van der Waals surface area contributed by atoms with Gasteiger partial charge in [-0.25, -0.2) is 0 Å². The molecule has 2 nitrogen and oxygen atoms in total. The fraction of sp³-hybridized carbons (Fsp3) is 0.643. The van der Waals surface area contributed by atoms with E-state index < -0.39 is 0 Å². The highest BCUT2D eigenvalue weighted by atomic mass is 14.9. The van der Waals surface area contributed by atoms with Crippen molar-refractivity contribution in [2.45, 2.75) is 47.1 Å². The molecule has 0 atom stereocenters. The highest BCUT2D eigenvalue weighted by molar-refractivity contribution is 5.11. The maximum absolute atomic E-state index is 4.36. The second kappa shape index (κ2) is 6.00. The first-order valence-electron chi connectivity index (χ1n) is 6.10. The van der Waals surface area contributed by atoms with Gasteiger partial charge >= 0.3 is 0 Å². The van der Waals surface area contributed by atoms with E-state index in [9.17, 15) is 0 Å². The van der Waals surface area contributed by atoms with Crippen LogP contribution in [0.3, 0.4) is 0 Å². The maximum atomic E-state index is 4.36. The standard InChI is InChI=1S/C14H24N2/c1-12-6-7-13(16-10-12)11-15-9-5-8-14(2,3)4/h6-7,10,15H,5,8-9,11H2,1-4H3. The van der Waals surface area contributed by atoms with Crippen LogP contribution in [0.4, 0.5) is 0 Å². The molecule has 1 aromatic heterocycles. The van der Waals surface area contributed by atoms with Crippen LogP contribution in [-0.4, -0.2) is 11.5 Å². The molecule has 0 aliphatic carbocycles. The number of aromatic nitrogens is 1. The number of hydrogen-bond acceptors (Lipinski definition) is 2. The summed E-state index contributed by atoms with van der Waals surface area (Å²) >= 11 is 0. The van der Waals surface area contributed by atoms with Gasteiger partial charge in [0.15, 0.2) is 0 Å². The van der Waals surface area contributed by atoms with E-state index in [-0.39, 0.29) is 0 Å². The number of rotatable bonds is 5. The molecule has 0 aromatic carbocycles. The van der Waals surface area contributed by atoms with Gasteiger partial charge in [-0.3, -0.25) is 4.98 Å². The van der Waals surface area contributed by atoms with Crippen LogP contribution in [0.15, 0.2) is 18.3 Å². The van der Waals surface area contributed by atoms with Crippen LogP contribution in [0.1, 0.15) is 44.9 Å². The molecule has 0 amide bonds. The first kappa shape index (κ1) is 13.2. The Bertz CT molecular complexity index is 296. The van der Waals surface area contributed by atoms with Crippen molar-refractivity contribution in [1.82, 2.24) is 10.3 Å². The van der Waals surface area contributed by atoms with Crippen molar-refractivity contribution in [2.75, 3.05) is 6.54 Å². The Hall–Kier alpha value is -0.890. The van der Waals surface area contributed by atoms with Gasteiger partial charge in [0.1, 0.15) is 0 Å². The fourth-order valence-electron chi connectivity index (χ4n) is 1.56. The molecule has 0 saturated heterocycles. The third-order valence-corrected chi connectivity index (χ3v) is 2.56. The summed E-state index contributed by atoms with van der Waals surface area (Å²) in [7, 11) is 0. The highest BCUT2D eigenvalue weighted by Crippen LogP contribution is 2.19. The van der Waals surface area contributed by atoms with Gasteiger partial charge in [-0.05, 0) is 43.4 Å². The highest BCUT2D eigenvalue weighted by Gasteiger charge is 2.08. The molecule has 0 aliphatic heterocycles. The van der Waals surface area contributed by atoms with Crippen LogP contribution < -0.4 is 5.32 Å². The van der Waals surface area contributed by atoms with E-state index in [2.05, 4.69) is 50.1 Å². The minimum absolute atomic E-state index is 0.448. The Kier molecular flexibility index (Phi) is 4.94. The largest absolute Gasteiger partial charge is 0.311 e. The number of hydrogen-bond donors (Lipinski definition) is 1. The number of nitrogens with one attached hydrogen (secondary N) is 1. The third kappa shape index (κ3) is 5.86. The number of nitrogens with zero attached hydrogens (tertiary/aromatic N) is 1. The minimum Gasteiger partial charge on any atom is -0.311 e. The predicted molar refractivity (Wildman–Crippen MR) is 69.4 cm³/mol. The Labute approximate surface area is 99.5 Å². The molecule has 0 fully saturated rings. The van der Waals surface area contributed by atoms with Gasteiger partial charge in [-0.2, -0.15) is 0 Å². The molecule has 0 unspecified atom stereocenters. The average molecular weight is 220 g/mol. The molecule has 0 radical (unpaired) electrons. The van der Waals surface area contributed by atoms with Crippen molar-refractivity contribution in [3.8, 4) is 0 Å². The summed E-state index contributed by atoms with van der Waals surface area (Å²) < 4.78 is 0. The summed E-state index contributed by atoms with van der Waals surface area (Å²) in [5.74, 6) is 0. The lowest BCUT2D eigenvalue weighted by Crippen LogP contribution is -2.17. The quantitative estimate of drug-likeness (QED) is 0.770. The van der Waals surface area contributed by atoms with E-state index in [0.29, 0.717) is 5.41 Å². The summed E-state index contributed by atoms with van der Waals surface area (Å²) in [6.45, 7) is 10.9.